The Morgan fingerprint density at radius 1 is 1.00 bits per heavy atom. The molecule has 134 valence electrons. The zero-order valence-corrected chi connectivity index (χ0v) is 14.8. The van der Waals surface area contributed by atoms with E-state index in [1.165, 1.54) is 5.69 Å². The van der Waals surface area contributed by atoms with E-state index in [0.29, 0.717) is 18.3 Å². The molecule has 0 spiro atoms. The van der Waals surface area contributed by atoms with Gasteiger partial charge >= 0.3 is 0 Å². The van der Waals surface area contributed by atoms with Gasteiger partial charge in [0.15, 0.2) is 0 Å². The summed E-state index contributed by atoms with van der Waals surface area (Å²) in [7, 11) is 0. The summed E-state index contributed by atoms with van der Waals surface area (Å²) in [6, 6.07) is 16.3. The summed E-state index contributed by atoms with van der Waals surface area (Å²) in [5, 5.41) is 11.8. The van der Waals surface area contributed by atoms with Gasteiger partial charge in [0.2, 0.25) is 11.8 Å². The van der Waals surface area contributed by atoms with Crippen LogP contribution in [0.1, 0.15) is 11.5 Å². The first-order valence-electron chi connectivity index (χ1n) is 8.85. The quantitative estimate of drug-likeness (QED) is 0.760. The molecule has 0 unspecified atom stereocenters. The number of nitrogens with one attached hydrogen (secondary N) is 1. The number of para-hydroxylation sites is 2. The number of anilines is 2. The average molecular weight is 350 g/mol. The third kappa shape index (κ3) is 3.55. The Morgan fingerprint density at radius 3 is 2.62 bits per heavy atom. The Labute approximate surface area is 152 Å². The van der Waals surface area contributed by atoms with Gasteiger partial charge in [-0.1, -0.05) is 30.3 Å². The van der Waals surface area contributed by atoms with Crippen LogP contribution in [-0.2, 0) is 11.3 Å². The van der Waals surface area contributed by atoms with Gasteiger partial charge in [0, 0.05) is 18.7 Å². The number of rotatable bonds is 5. The van der Waals surface area contributed by atoms with Crippen LogP contribution in [0, 0.1) is 6.92 Å². The van der Waals surface area contributed by atoms with E-state index in [1.807, 2.05) is 37.3 Å². The van der Waals surface area contributed by atoms with Crippen LogP contribution < -0.4 is 10.2 Å². The molecule has 0 bridgehead atoms. The lowest BCUT2D eigenvalue weighted by atomic mass is 10.1. The molecule has 1 saturated heterocycles. The van der Waals surface area contributed by atoms with E-state index in [-0.39, 0.29) is 0 Å². The fraction of sp³-hybridized carbons (Fsp3) is 0.300. The van der Waals surface area contributed by atoms with Crippen LogP contribution in [0.25, 0.3) is 11.5 Å². The molecular formula is C20H22N4O2. The number of benzene rings is 2. The van der Waals surface area contributed by atoms with E-state index in [9.17, 15) is 0 Å². The maximum atomic E-state index is 5.84. The fourth-order valence-corrected chi connectivity index (χ4v) is 3.12. The second-order valence-corrected chi connectivity index (χ2v) is 6.29. The third-order valence-electron chi connectivity index (χ3n) is 4.53. The third-order valence-corrected chi connectivity index (χ3v) is 4.53. The van der Waals surface area contributed by atoms with E-state index in [2.05, 4.69) is 38.6 Å². The Hall–Kier alpha value is -2.86. The molecule has 0 saturated carbocycles. The van der Waals surface area contributed by atoms with Gasteiger partial charge in [-0.2, -0.15) is 0 Å². The molecule has 1 aliphatic rings. The maximum absolute atomic E-state index is 5.84. The standard InChI is InChI=1S/C20H22N4O2/c1-15-6-2-3-7-16(15)20-23-22-19(26-20)14-21-17-8-4-5-9-18(17)24-10-12-25-13-11-24/h2-9,21H,10-14H2,1H3. The lowest BCUT2D eigenvalue weighted by Gasteiger charge is -2.30. The number of hydrogen-bond donors (Lipinski definition) is 1. The van der Waals surface area contributed by atoms with Gasteiger partial charge in [-0.25, -0.2) is 0 Å². The lowest BCUT2D eigenvalue weighted by Crippen LogP contribution is -2.36. The van der Waals surface area contributed by atoms with Crippen molar-refractivity contribution in [3.05, 3.63) is 60.0 Å². The van der Waals surface area contributed by atoms with E-state index in [0.717, 1.165) is 43.1 Å². The Bertz CT molecular complexity index is 872. The van der Waals surface area contributed by atoms with Crippen molar-refractivity contribution in [2.45, 2.75) is 13.5 Å². The molecule has 6 heteroatoms. The molecule has 0 radical (unpaired) electrons. The van der Waals surface area contributed by atoms with Crippen molar-refractivity contribution in [2.75, 3.05) is 36.5 Å². The highest BCUT2D eigenvalue weighted by Gasteiger charge is 2.15. The van der Waals surface area contributed by atoms with Gasteiger partial charge in [0.25, 0.3) is 0 Å². The van der Waals surface area contributed by atoms with Gasteiger partial charge < -0.3 is 19.4 Å². The summed E-state index contributed by atoms with van der Waals surface area (Å²) in [6.45, 7) is 5.85. The van der Waals surface area contributed by atoms with E-state index >= 15 is 0 Å². The molecule has 3 aromatic rings. The topological polar surface area (TPSA) is 63.4 Å². The second kappa shape index (κ2) is 7.58. The van der Waals surface area contributed by atoms with Crippen molar-refractivity contribution in [1.29, 1.82) is 0 Å². The lowest BCUT2D eigenvalue weighted by molar-refractivity contribution is 0.123. The molecule has 1 fully saturated rings. The maximum Gasteiger partial charge on any atom is 0.248 e. The second-order valence-electron chi connectivity index (χ2n) is 6.29. The largest absolute Gasteiger partial charge is 0.419 e. The van der Waals surface area contributed by atoms with Crippen LogP contribution in [0.3, 0.4) is 0 Å². The number of aryl methyl sites for hydroxylation is 1. The molecule has 1 aliphatic heterocycles. The van der Waals surface area contributed by atoms with E-state index in [4.69, 9.17) is 9.15 Å². The predicted octanol–water partition coefficient (Wildman–Crippen LogP) is 3.49. The SMILES string of the molecule is Cc1ccccc1-c1nnc(CNc2ccccc2N2CCOCC2)o1. The number of nitrogens with zero attached hydrogens (tertiary/aromatic N) is 3. The Morgan fingerprint density at radius 2 is 1.77 bits per heavy atom. The van der Waals surface area contributed by atoms with Crippen molar-refractivity contribution in [2.24, 2.45) is 0 Å². The number of hydrogen-bond acceptors (Lipinski definition) is 6. The van der Waals surface area contributed by atoms with Crippen LogP contribution in [0.5, 0.6) is 0 Å². The van der Waals surface area contributed by atoms with Crippen molar-refractivity contribution in [1.82, 2.24) is 10.2 Å². The first-order valence-corrected chi connectivity index (χ1v) is 8.85. The minimum absolute atomic E-state index is 0.486. The normalized spacial score (nSPS) is 14.4. The highest BCUT2D eigenvalue weighted by Crippen LogP contribution is 2.27. The van der Waals surface area contributed by atoms with Crippen molar-refractivity contribution < 1.29 is 9.15 Å². The molecule has 0 atom stereocenters. The predicted molar refractivity (Wildman–Crippen MR) is 101 cm³/mol. The average Bonchev–Trinajstić information content (AvgIpc) is 3.16. The van der Waals surface area contributed by atoms with Gasteiger partial charge in [-0.05, 0) is 30.7 Å². The smallest absolute Gasteiger partial charge is 0.248 e. The summed E-state index contributed by atoms with van der Waals surface area (Å²) >= 11 is 0. The van der Waals surface area contributed by atoms with Gasteiger partial charge in [0.1, 0.15) is 0 Å². The summed E-state index contributed by atoms with van der Waals surface area (Å²) in [5.74, 6) is 1.13. The molecule has 1 N–H and O–H groups in total. The minimum atomic E-state index is 0.486. The molecule has 2 heterocycles. The summed E-state index contributed by atoms with van der Waals surface area (Å²) in [5.41, 5.74) is 4.33. The van der Waals surface area contributed by atoms with Crippen LogP contribution in [0.2, 0.25) is 0 Å². The zero-order chi connectivity index (χ0) is 17.8. The number of aromatic nitrogens is 2. The van der Waals surface area contributed by atoms with Crippen molar-refractivity contribution in [3.63, 3.8) is 0 Å². The first-order chi connectivity index (χ1) is 12.8. The van der Waals surface area contributed by atoms with Crippen molar-refractivity contribution >= 4 is 11.4 Å². The molecule has 0 aliphatic carbocycles. The molecule has 4 rings (SSSR count). The van der Waals surface area contributed by atoms with Gasteiger partial charge in [0.05, 0.1) is 31.1 Å². The number of morpholine rings is 1. The summed E-state index contributed by atoms with van der Waals surface area (Å²) in [4.78, 5) is 2.33. The summed E-state index contributed by atoms with van der Waals surface area (Å²) < 4.78 is 11.3. The van der Waals surface area contributed by atoms with Crippen LogP contribution in [-0.4, -0.2) is 36.5 Å². The summed E-state index contributed by atoms with van der Waals surface area (Å²) in [6.07, 6.45) is 0. The van der Waals surface area contributed by atoms with Crippen molar-refractivity contribution in [3.8, 4) is 11.5 Å². The molecular weight excluding hydrogens is 328 g/mol. The van der Waals surface area contributed by atoms with E-state index in [1.54, 1.807) is 0 Å². The van der Waals surface area contributed by atoms with Crippen LogP contribution in [0.15, 0.2) is 52.9 Å². The Balaban J connectivity index is 1.48. The minimum Gasteiger partial charge on any atom is -0.419 e. The molecule has 6 nitrogen and oxygen atoms in total. The molecule has 1 aromatic heterocycles. The first kappa shape index (κ1) is 16.6. The molecule has 2 aromatic carbocycles. The van der Waals surface area contributed by atoms with Gasteiger partial charge in [-0.15, -0.1) is 10.2 Å². The molecule has 0 amide bonds. The van der Waals surface area contributed by atoms with E-state index < -0.39 is 0 Å². The zero-order valence-electron chi connectivity index (χ0n) is 14.8. The molecule has 26 heavy (non-hydrogen) atoms. The fourth-order valence-electron chi connectivity index (χ4n) is 3.12. The highest BCUT2D eigenvalue weighted by atomic mass is 16.5. The van der Waals surface area contributed by atoms with Gasteiger partial charge in [-0.3, -0.25) is 0 Å². The van der Waals surface area contributed by atoms with Crippen LogP contribution >= 0.6 is 0 Å². The van der Waals surface area contributed by atoms with Crippen LogP contribution in [0.4, 0.5) is 11.4 Å². The highest BCUT2D eigenvalue weighted by molar-refractivity contribution is 5.70. The number of ether oxygens (including phenoxy) is 1. The monoisotopic (exact) mass is 350 g/mol. The Kier molecular flexibility index (Phi) is 4.84.